The van der Waals surface area contributed by atoms with Gasteiger partial charge in [0.1, 0.15) is 11.3 Å². The summed E-state index contributed by atoms with van der Waals surface area (Å²) < 4.78 is 5.15. The maximum absolute atomic E-state index is 10.9. The Morgan fingerprint density at radius 2 is 2.35 bits per heavy atom. The van der Waals surface area contributed by atoms with Gasteiger partial charge in [-0.25, -0.2) is 4.79 Å². The summed E-state index contributed by atoms with van der Waals surface area (Å²) in [7, 11) is 0. The second kappa shape index (κ2) is 5.33. The molecule has 5 heteroatoms. The normalized spacial score (nSPS) is 24.1. The van der Waals surface area contributed by atoms with Crippen molar-refractivity contribution >= 4 is 5.97 Å². The monoisotopic (exact) mass is 239 g/mol. The van der Waals surface area contributed by atoms with Crippen LogP contribution >= 0.6 is 0 Å². The van der Waals surface area contributed by atoms with Crippen LogP contribution in [0.15, 0.2) is 16.7 Å². The van der Waals surface area contributed by atoms with Gasteiger partial charge in [0.05, 0.1) is 12.8 Å². The second-order valence-electron chi connectivity index (χ2n) is 4.42. The Labute approximate surface area is 99.4 Å². The van der Waals surface area contributed by atoms with Crippen molar-refractivity contribution in [1.82, 2.24) is 5.32 Å². The third-order valence-electron chi connectivity index (χ3n) is 3.39. The predicted octanol–water partition coefficient (Wildman–Crippen LogP) is 1.23. The number of hydrogen-bond acceptors (Lipinski definition) is 4. The van der Waals surface area contributed by atoms with E-state index in [1.54, 1.807) is 0 Å². The van der Waals surface area contributed by atoms with Crippen LogP contribution in [0.5, 0.6) is 0 Å². The summed E-state index contributed by atoms with van der Waals surface area (Å²) in [4.78, 5) is 10.9. The molecule has 1 aliphatic rings. The highest BCUT2D eigenvalue weighted by molar-refractivity contribution is 5.88. The molecule has 1 fully saturated rings. The number of furan rings is 1. The summed E-state index contributed by atoms with van der Waals surface area (Å²) in [5, 5.41) is 21.4. The molecule has 1 saturated carbocycles. The molecule has 0 aromatic carbocycles. The van der Waals surface area contributed by atoms with Crippen LogP contribution in [-0.2, 0) is 6.54 Å². The Balaban J connectivity index is 1.93. The lowest BCUT2D eigenvalue weighted by atomic mass is 10.1. The topological polar surface area (TPSA) is 82.7 Å². The number of rotatable bonds is 5. The van der Waals surface area contributed by atoms with E-state index < -0.39 is 5.97 Å². The van der Waals surface area contributed by atoms with Crippen LogP contribution in [0, 0.1) is 5.92 Å². The molecule has 2 unspecified atom stereocenters. The van der Waals surface area contributed by atoms with E-state index in [2.05, 4.69) is 5.32 Å². The minimum atomic E-state index is -0.972. The van der Waals surface area contributed by atoms with Gasteiger partial charge in [-0.15, -0.1) is 0 Å². The first kappa shape index (κ1) is 12.1. The Kier molecular flexibility index (Phi) is 3.81. The predicted molar refractivity (Wildman–Crippen MR) is 60.7 cm³/mol. The van der Waals surface area contributed by atoms with Crippen LogP contribution in [0.3, 0.4) is 0 Å². The fraction of sp³-hybridized carbons (Fsp3) is 0.583. The average Bonchev–Trinajstić information content (AvgIpc) is 2.94. The molecule has 94 valence electrons. The van der Waals surface area contributed by atoms with Gasteiger partial charge in [-0.05, 0) is 24.8 Å². The minimum absolute atomic E-state index is 0.182. The van der Waals surface area contributed by atoms with Gasteiger partial charge in [0.15, 0.2) is 0 Å². The first-order valence-corrected chi connectivity index (χ1v) is 5.86. The molecule has 2 atom stereocenters. The van der Waals surface area contributed by atoms with Gasteiger partial charge < -0.3 is 19.9 Å². The first-order chi connectivity index (χ1) is 8.22. The number of aliphatic hydroxyl groups is 1. The molecule has 0 aliphatic heterocycles. The number of nitrogens with one attached hydrogen (secondary N) is 1. The molecule has 0 saturated heterocycles. The van der Waals surface area contributed by atoms with Gasteiger partial charge in [-0.1, -0.05) is 6.42 Å². The molecule has 5 nitrogen and oxygen atoms in total. The molecule has 1 aromatic heterocycles. The van der Waals surface area contributed by atoms with E-state index in [4.69, 9.17) is 9.52 Å². The third-order valence-corrected chi connectivity index (χ3v) is 3.39. The molecular formula is C12H17NO4. The fourth-order valence-electron chi connectivity index (χ4n) is 2.42. The number of hydrogen-bond donors (Lipinski definition) is 3. The van der Waals surface area contributed by atoms with Crippen LogP contribution in [-0.4, -0.2) is 28.8 Å². The summed E-state index contributed by atoms with van der Waals surface area (Å²) in [6.07, 6.45) is 4.54. The Bertz CT molecular complexity index is 388. The molecular weight excluding hydrogens is 222 g/mol. The standard InChI is InChI=1S/C12H17NO4/c14-7-8-2-1-3-10(8)13-6-11-9(12(15)16)4-5-17-11/h4-5,8,10,13-14H,1-3,6-7H2,(H,15,16). The van der Waals surface area contributed by atoms with Gasteiger partial charge in [-0.3, -0.25) is 0 Å². The van der Waals surface area contributed by atoms with E-state index in [0.29, 0.717) is 12.3 Å². The molecule has 0 bridgehead atoms. The van der Waals surface area contributed by atoms with E-state index in [0.717, 1.165) is 19.3 Å². The third kappa shape index (κ3) is 2.68. The van der Waals surface area contributed by atoms with E-state index >= 15 is 0 Å². The Morgan fingerprint density at radius 1 is 1.53 bits per heavy atom. The van der Waals surface area contributed by atoms with Gasteiger partial charge in [0.25, 0.3) is 0 Å². The second-order valence-corrected chi connectivity index (χ2v) is 4.42. The molecule has 1 aliphatic carbocycles. The number of aliphatic hydroxyl groups excluding tert-OH is 1. The highest BCUT2D eigenvalue weighted by atomic mass is 16.4. The zero-order chi connectivity index (χ0) is 12.3. The van der Waals surface area contributed by atoms with Crippen molar-refractivity contribution < 1.29 is 19.4 Å². The van der Waals surface area contributed by atoms with Crippen molar-refractivity contribution in [1.29, 1.82) is 0 Å². The molecule has 0 amide bonds. The molecule has 2 rings (SSSR count). The largest absolute Gasteiger partial charge is 0.478 e. The van der Waals surface area contributed by atoms with E-state index in [9.17, 15) is 9.90 Å². The van der Waals surface area contributed by atoms with Gasteiger partial charge in [-0.2, -0.15) is 0 Å². The smallest absolute Gasteiger partial charge is 0.339 e. The van der Waals surface area contributed by atoms with E-state index in [-0.39, 0.29) is 24.1 Å². The lowest BCUT2D eigenvalue weighted by Crippen LogP contribution is -2.33. The Hall–Kier alpha value is -1.33. The van der Waals surface area contributed by atoms with Gasteiger partial charge >= 0.3 is 5.97 Å². The summed E-state index contributed by atoms with van der Waals surface area (Å²) >= 11 is 0. The summed E-state index contributed by atoms with van der Waals surface area (Å²) in [6, 6.07) is 1.71. The summed E-state index contributed by atoms with van der Waals surface area (Å²) in [5.74, 6) is -0.250. The van der Waals surface area contributed by atoms with Crippen LogP contribution in [0.4, 0.5) is 0 Å². The van der Waals surface area contributed by atoms with Gasteiger partial charge in [0, 0.05) is 12.6 Å². The molecule has 0 radical (unpaired) electrons. The van der Waals surface area contributed by atoms with E-state index in [1.807, 2.05) is 0 Å². The highest BCUT2D eigenvalue weighted by Gasteiger charge is 2.26. The maximum atomic E-state index is 10.9. The summed E-state index contributed by atoms with van der Waals surface area (Å²) in [5.41, 5.74) is 0.205. The average molecular weight is 239 g/mol. The molecule has 17 heavy (non-hydrogen) atoms. The number of carbonyl (C=O) groups is 1. The quantitative estimate of drug-likeness (QED) is 0.719. The fourth-order valence-corrected chi connectivity index (χ4v) is 2.42. The van der Waals surface area contributed by atoms with Crippen LogP contribution in [0.2, 0.25) is 0 Å². The lowest BCUT2D eigenvalue weighted by molar-refractivity contribution is 0.0694. The zero-order valence-corrected chi connectivity index (χ0v) is 9.56. The van der Waals surface area contributed by atoms with Gasteiger partial charge in [0.2, 0.25) is 0 Å². The number of carboxylic acid groups (broad SMARTS) is 1. The van der Waals surface area contributed by atoms with Crippen LogP contribution in [0.1, 0.15) is 35.4 Å². The first-order valence-electron chi connectivity index (χ1n) is 5.86. The minimum Gasteiger partial charge on any atom is -0.478 e. The molecule has 1 aromatic rings. The van der Waals surface area contributed by atoms with Crippen molar-refractivity contribution in [3.05, 3.63) is 23.7 Å². The molecule has 0 spiro atoms. The SMILES string of the molecule is O=C(O)c1ccoc1CNC1CCCC1CO. The lowest BCUT2D eigenvalue weighted by Gasteiger charge is -2.18. The number of carboxylic acids is 1. The van der Waals surface area contributed by atoms with Crippen LogP contribution < -0.4 is 5.32 Å². The number of aromatic carboxylic acids is 1. The maximum Gasteiger partial charge on any atom is 0.339 e. The molecule has 3 N–H and O–H groups in total. The highest BCUT2D eigenvalue weighted by Crippen LogP contribution is 2.25. The van der Waals surface area contributed by atoms with Crippen molar-refractivity contribution in [3.63, 3.8) is 0 Å². The van der Waals surface area contributed by atoms with Crippen molar-refractivity contribution in [2.45, 2.75) is 31.8 Å². The van der Waals surface area contributed by atoms with Crippen molar-refractivity contribution in [3.8, 4) is 0 Å². The zero-order valence-electron chi connectivity index (χ0n) is 9.56. The van der Waals surface area contributed by atoms with Crippen molar-refractivity contribution in [2.24, 2.45) is 5.92 Å². The molecule has 1 heterocycles. The Morgan fingerprint density at radius 3 is 3.06 bits per heavy atom. The van der Waals surface area contributed by atoms with Crippen LogP contribution in [0.25, 0.3) is 0 Å². The summed E-state index contributed by atoms with van der Waals surface area (Å²) in [6.45, 7) is 0.581. The van der Waals surface area contributed by atoms with E-state index in [1.165, 1.54) is 12.3 Å². The van der Waals surface area contributed by atoms with Crippen molar-refractivity contribution in [2.75, 3.05) is 6.61 Å².